The highest BCUT2D eigenvalue weighted by molar-refractivity contribution is 7.89. The van der Waals surface area contributed by atoms with Crippen molar-refractivity contribution < 1.29 is 23.4 Å². The second kappa shape index (κ2) is 18.9. The zero-order valence-corrected chi connectivity index (χ0v) is 28.0. The van der Waals surface area contributed by atoms with E-state index in [1.807, 2.05) is 0 Å². The summed E-state index contributed by atoms with van der Waals surface area (Å²) in [5, 5.41) is 27.6. The molecule has 0 spiro atoms. The number of nitrogen functional groups attached to an aromatic ring is 1. The van der Waals surface area contributed by atoms with Crippen molar-refractivity contribution in [2.45, 2.75) is 97.4 Å². The van der Waals surface area contributed by atoms with Gasteiger partial charge in [0, 0.05) is 18.7 Å². The topological polar surface area (TPSA) is 160 Å². The van der Waals surface area contributed by atoms with Crippen LogP contribution in [0.4, 0.5) is 17.1 Å². The van der Waals surface area contributed by atoms with Crippen LogP contribution in [-0.4, -0.2) is 60.4 Å². The van der Waals surface area contributed by atoms with E-state index >= 15 is 0 Å². The lowest BCUT2D eigenvalue weighted by atomic mass is 9.97. The molecule has 0 amide bonds. The van der Waals surface area contributed by atoms with Gasteiger partial charge in [-0.25, -0.2) is 8.42 Å². The number of nitrogens with zero attached hydrogens (tertiary/aromatic N) is 4. The molecule has 44 heavy (non-hydrogen) atoms. The number of rotatable bonds is 21. The zero-order valence-electron chi connectivity index (χ0n) is 27.2. The third-order valence-electron chi connectivity index (χ3n) is 8.15. The van der Waals surface area contributed by atoms with Gasteiger partial charge in [0.2, 0.25) is 15.9 Å². The first-order valence-electron chi connectivity index (χ1n) is 16.0. The maximum atomic E-state index is 14.0. The molecule has 11 nitrogen and oxygen atoms in total. The van der Waals surface area contributed by atoms with Gasteiger partial charge in [-0.15, -0.1) is 5.11 Å². The number of aliphatic hydroxyl groups excluding tert-OH is 1. The Hall–Kier alpha value is -2.80. The Labute approximate surface area is 263 Å². The molecule has 2 aromatic rings. The van der Waals surface area contributed by atoms with Crippen molar-refractivity contribution in [2.24, 2.45) is 22.1 Å². The Morgan fingerprint density at radius 2 is 1.52 bits per heavy atom. The number of benzene rings is 1. The highest BCUT2D eigenvalue weighted by atomic mass is 32.2. The summed E-state index contributed by atoms with van der Waals surface area (Å²) in [6.07, 6.45) is 8.17. The van der Waals surface area contributed by atoms with Gasteiger partial charge in [-0.1, -0.05) is 66.2 Å². The van der Waals surface area contributed by atoms with Crippen molar-refractivity contribution in [2.75, 3.05) is 38.6 Å². The number of aromatic hydroxyl groups is 1. The summed E-state index contributed by atoms with van der Waals surface area (Å²) in [7, 11) is -3.75. The lowest BCUT2D eigenvalue weighted by molar-refractivity contribution is 0.0854. The van der Waals surface area contributed by atoms with Crippen LogP contribution in [0.1, 0.15) is 84.6 Å². The Morgan fingerprint density at radius 1 is 0.955 bits per heavy atom. The molecule has 2 unspecified atom stereocenters. The van der Waals surface area contributed by atoms with Gasteiger partial charge >= 0.3 is 0 Å². The molecular weight excluding hydrogens is 582 g/mol. The van der Waals surface area contributed by atoms with E-state index in [9.17, 15) is 18.3 Å². The normalized spacial score (nSPS) is 13.6. The van der Waals surface area contributed by atoms with Crippen molar-refractivity contribution >= 4 is 27.1 Å². The summed E-state index contributed by atoms with van der Waals surface area (Å²) in [6.45, 7) is 11.2. The van der Waals surface area contributed by atoms with Crippen molar-refractivity contribution in [1.82, 2.24) is 8.87 Å². The summed E-state index contributed by atoms with van der Waals surface area (Å²) < 4.78 is 35.9. The summed E-state index contributed by atoms with van der Waals surface area (Å²) in [4.78, 5) is 13.3. The van der Waals surface area contributed by atoms with Crippen molar-refractivity contribution in [3.8, 4) is 5.88 Å². The van der Waals surface area contributed by atoms with Crippen LogP contribution in [0.5, 0.6) is 5.88 Å². The Bertz CT molecular complexity index is 1330. The third kappa shape index (κ3) is 10.4. The summed E-state index contributed by atoms with van der Waals surface area (Å²) >= 11 is 0. The summed E-state index contributed by atoms with van der Waals surface area (Å²) in [5.41, 5.74) is 6.03. The number of unbranched alkanes of at least 4 members (excludes halogenated alkanes) is 2. The number of nitrogens with two attached hydrogens (primary N) is 1. The van der Waals surface area contributed by atoms with Gasteiger partial charge in [-0.2, -0.15) is 9.42 Å². The average molecular weight is 636 g/mol. The minimum Gasteiger partial charge on any atom is -0.493 e. The molecule has 4 N–H and O–H groups in total. The average Bonchev–Trinajstić information content (AvgIpc) is 3.02. The third-order valence-corrected chi connectivity index (χ3v) is 9.99. The number of aliphatic hydroxyl groups is 1. The van der Waals surface area contributed by atoms with Crippen LogP contribution in [0.2, 0.25) is 0 Å². The van der Waals surface area contributed by atoms with Gasteiger partial charge in [0.1, 0.15) is 0 Å². The lowest BCUT2D eigenvalue weighted by Gasteiger charge is -2.30. The molecule has 0 aliphatic heterocycles. The van der Waals surface area contributed by atoms with Crippen LogP contribution in [0.25, 0.3) is 0 Å². The van der Waals surface area contributed by atoms with E-state index in [1.54, 1.807) is 23.4 Å². The highest BCUT2D eigenvalue weighted by Crippen LogP contribution is 2.30. The minimum atomic E-state index is -3.75. The molecule has 1 aromatic carbocycles. The maximum Gasteiger partial charge on any atom is 0.281 e. The molecule has 0 fully saturated rings. The molecule has 0 radical (unpaired) electrons. The predicted octanol–water partition coefficient (Wildman–Crippen LogP) is 6.29. The van der Waals surface area contributed by atoms with Crippen molar-refractivity contribution in [3.05, 3.63) is 40.2 Å². The van der Waals surface area contributed by atoms with Gasteiger partial charge in [0.05, 0.1) is 42.6 Å². The molecular formula is C32H53N5O6S. The van der Waals surface area contributed by atoms with Crippen LogP contribution in [0, 0.1) is 18.8 Å². The molecule has 0 saturated carbocycles. The van der Waals surface area contributed by atoms with Crippen molar-refractivity contribution in [3.63, 3.8) is 0 Å². The lowest BCUT2D eigenvalue weighted by Crippen LogP contribution is -2.39. The number of sulfonamides is 1. The van der Waals surface area contributed by atoms with Crippen LogP contribution in [0.15, 0.2) is 44.2 Å². The molecule has 2 rings (SSSR count). The Kier molecular flexibility index (Phi) is 16.0. The number of azo groups is 1. The van der Waals surface area contributed by atoms with E-state index in [0.29, 0.717) is 30.6 Å². The first kappa shape index (κ1) is 37.4. The quantitative estimate of drug-likeness (QED) is 0.107. The number of ether oxygens (including phenoxy) is 1. The Morgan fingerprint density at radius 3 is 2.02 bits per heavy atom. The molecule has 248 valence electrons. The first-order chi connectivity index (χ1) is 21.0. The van der Waals surface area contributed by atoms with Crippen molar-refractivity contribution in [1.29, 1.82) is 0 Å². The van der Waals surface area contributed by atoms with E-state index in [-0.39, 0.29) is 48.2 Å². The van der Waals surface area contributed by atoms with Gasteiger partial charge in [0.25, 0.3) is 5.56 Å². The molecule has 0 aliphatic carbocycles. The molecule has 1 aromatic heterocycles. The highest BCUT2D eigenvalue weighted by Gasteiger charge is 2.29. The van der Waals surface area contributed by atoms with E-state index in [2.05, 4.69) is 37.9 Å². The number of pyridine rings is 1. The van der Waals surface area contributed by atoms with Crippen LogP contribution < -0.4 is 11.3 Å². The minimum absolute atomic E-state index is 0.00381. The second-order valence-electron chi connectivity index (χ2n) is 11.4. The maximum absolute atomic E-state index is 14.0. The number of anilines is 1. The molecule has 1 heterocycles. The fourth-order valence-corrected chi connectivity index (χ4v) is 6.69. The second-order valence-corrected chi connectivity index (χ2v) is 13.3. The molecule has 0 bridgehead atoms. The summed E-state index contributed by atoms with van der Waals surface area (Å²) in [6, 6.07) is 6.20. The van der Waals surface area contributed by atoms with Crippen LogP contribution in [-0.2, 0) is 21.3 Å². The Balaban J connectivity index is 2.36. The van der Waals surface area contributed by atoms with Gasteiger partial charge < -0.3 is 20.7 Å². The van der Waals surface area contributed by atoms with Gasteiger partial charge in [-0.05, 0) is 55.9 Å². The van der Waals surface area contributed by atoms with Gasteiger partial charge in [0.15, 0.2) is 5.69 Å². The molecule has 2 atom stereocenters. The van der Waals surface area contributed by atoms with E-state index < -0.39 is 21.5 Å². The SMILES string of the molecule is CCCCC(CC)CN(CC(CC)CCCC)S(=O)(=O)c1ccc(N=Nc2c(C)c(N)c(O)n(CCOCCO)c2=O)cc1. The van der Waals surface area contributed by atoms with Crippen LogP contribution >= 0.6 is 0 Å². The fourth-order valence-electron chi connectivity index (χ4n) is 5.10. The molecule has 0 aliphatic rings. The first-order valence-corrected chi connectivity index (χ1v) is 17.4. The smallest absolute Gasteiger partial charge is 0.281 e. The molecule has 12 heteroatoms. The molecule has 0 saturated heterocycles. The standard InChI is InChI=1S/C32H53N5O6S/c1-6-10-12-25(8-3)22-36(23-26(9-4)13-11-7-2)44(41,42)28-16-14-27(15-17-28)34-35-30-24(5)29(33)31(39)37(32(30)40)18-20-43-21-19-38/h14-17,25-26,38-39H,6-13,18-23,33H2,1-5H3. The number of hydrogen-bond acceptors (Lipinski definition) is 9. The largest absolute Gasteiger partial charge is 0.493 e. The fraction of sp³-hybridized carbons (Fsp3) is 0.656. The van der Waals surface area contributed by atoms with Crippen LogP contribution in [0.3, 0.4) is 0 Å². The predicted molar refractivity (Wildman–Crippen MR) is 175 cm³/mol. The number of hydrogen-bond donors (Lipinski definition) is 3. The number of aromatic nitrogens is 1. The van der Waals surface area contributed by atoms with E-state index in [0.717, 1.165) is 55.9 Å². The monoisotopic (exact) mass is 635 g/mol. The zero-order chi connectivity index (χ0) is 32.7. The van der Waals surface area contributed by atoms with Gasteiger partial charge in [-0.3, -0.25) is 9.36 Å². The van der Waals surface area contributed by atoms with E-state index in [1.165, 1.54) is 12.1 Å². The summed E-state index contributed by atoms with van der Waals surface area (Å²) in [5.74, 6) is 0.207. The van der Waals surface area contributed by atoms with E-state index in [4.69, 9.17) is 15.6 Å².